The Morgan fingerprint density at radius 2 is 1.90 bits per heavy atom. The SMILES string of the molecule is CN(c1ccncc1)S(=O)(=O)N1CCC(C(=O)O)CC1. The largest absolute Gasteiger partial charge is 0.481 e. The molecule has 1 aliphatic rings. The number of aliphatic carboxylic acids is 1. The molecule has 8 heteroatoms. The molecule has 20 heavy (non-hydrogen) atoms. The van der Waals surface area contributed by atoms with E-state index < -0.39 is 22.1 Å². The van der Waals surface area contributed by atoms with Crippen LogP contribution in [0.3, 0.4) is 0 Å². The summed E-state index contributed by atoms with van der Waals surface area (Å²) in [6.07, 6.45) is 3.74. The van der Waals surface area contributed by atoms with Gasteiger partial charge in [0.05, 0.1) is 11.6 Å². The minimum Gasteiger partial charge on any atom is -0.481 e. The van der Waals surface area contributed by atoms with Crippen molar-refractivity contribution in [2.75, 3.05) is 24.4 Å². The fourth-order valence-corrected chi connectivity index (χ4v) is 3.60. The van der Waals surface area contributed by atoms with Crippen LogP contribution in [0.1, 0.15) is 12.8 Å². The molecule has 0 spiro atoms. The van der Waals surface area contributed by atoms with Gasteiger partial charge in [0.15, 0.2) is 0 Å². The zero-order chi connectivity index (χ0) is 14.8. The molecule has 1 saturated heterocycles. The number of carboxylic acids is 1. The lowest BCUT2D eigenvalue weighted by molar-refractivity contribution is -0.142. The summed E-state index contributed by atoms with van der Waals surface area (Å²) in [6, 6.07) is 3.23. The van der Waals surface area contributed by atoms with Crippen molar-refractivity contribution in [3.63, 3.8) is 0 Å². The summed E-state index contributed by atoms with van der Waals surface area (Å²) < 4.78 is 27.4. The lowest BCUT2D eigenvalue weighted by Crippen LogP contribution is -2.46. The first-order chi connectivity index (χ1) is 9.43. The van der Waals surface area contributed by atoms with Gasteiger partial charge in [0.2, 0.25) is 0 Å². The number of rotatable bonds is 4. The number of carbonyl (C=O) groups is 1. The van der Waals surface area contributed by atoms with Gasteiger partial charge in [-0.2, -0.15) is 12.7 Å². The first-order valence-electron chi connectivity index (χ1n) is 6.30. The summed E-state index contributed by atoms with van der Waals surface area (Å²) in [5.41, 5.74) is 0.528. The third kappa shape index (κ3) is 2.91. The van der Waals surface area contributed by atoms with Crippen molar-refractivity contribution in [1.82, 2.24) is 9.29 Å². The maximum absolute atomic E-state index is 12.4. The lowest BCUT2D eigenvalue weighted by atomic mass is 9.99. The molecule has 0 atom stereocenters. The van der Waals surface area contributed by atoms with Crippen molar-refractivity contribution < 1.29 is 18.3 Å². The Morgan fingerprint density at radius 1 is 1.35 bits per heavy atom. The van der Waals surface area contributed by atoms with Crippen LogP contribution in [0.25, 0.3) is 0 Å². The molecular formula is C12H17N3O4S. The van der Waals surface area contributed by atoms with Crippen molar-refractivity contribution in [2.24, 2.45) is 5.92 Å². The number of anilines is 1. The van der Waals surface area contributed by atoms with Crippen LogP contribution in [0.2, 0.25) is 0 Å². The standard InChI is InChI=1S/C12H17N3O4S/c1-14(11-2-6-13-7-3-11)20(18,19)15-8-4-10(5-9-15)12(16)17/h2-3,6-7,10H,4-5,8-9H2,1H3,(H,16,17). The molecule has 1 fully saturated rings. The summed E-state index contributed by atoms with van der Waals surface area (Å²) in [7, 11) is -2.14. The van der Waals surface area contributed by atoms with E-state index in [0.717, 1.165) is 0 Å². The first-order valence-corrected chi connectivity index (χ1v) is 7.69. The summed E-state index contributed by atoms with van der Waals surface area (Å²) in [4.78, 5) is 14.7. The minimum absolute atomic E-state index is 0.231. The van der Waals surface area contributed by atoms with Crippen molar-refractivity contribution in [3.8, 4) is 0 Å². The minimum atomic E-state index is -3.62. The molecule has 0 bridgehead atoms. The highest BCUT2D eigenvalue weighted by molar-refractivity contribution is 7.90. The fourth-order valence-electron chi connectivity index (χ4n) is 2.19. The number of hydrogen-bond donors (Lipinski definition) is 1. The average Bonchev–Trinajstić information content (AvgIpc) is 2.47. The van der Waals surface area contributed by atoms with E-state index in [1.54, 1.807) is 12.1 Å². The molecule has 0 aromatic carbocycles. The van der Waals surface area contributed by atoms with E-state index in [2.05, 4.69) is 4.98 Å². The van der Waals surface area contributed by atoms with Crippen LogP contribution in [0.5, 0.6) is 0 Å². The second-order valence-electron chi connectivity index (χ2n) is 4.69. The smallest absolute Gasteiger partial charge is 0.306 e. The van der Waals surface area contributed by atoms with Gasteiger partial charge in [0, 0.05) is 32.5 Å². The van der Waals surface area contributed by atoms with Crippen molar-refractivity contribution >= 4 is 21.9 Å². The average molecular weight is 299 g/mol. The molecule has 2 rings (SSSR count). The highest BCUT2D eigenvalue weighted by atomic mass is 32.2. The number of pyridine rings is 1. The molecule has 0 radical (unpaired) electrons. The molecular weight excluding hydrogens is 282 g/mol. The molecule has 1 aliphatic heterocycles. The summed E-state index contributed by atoms with van der Waals surface area (Å²) in [5, 5.41) is 8.93. The Morgan fingerprint density at radius 3 is 2.40 bits per heavy atom. The lowest BCUT2D eigenvalue weighted by Gasteiger charge is -2.33. The first kappa shape index (κ1) is 14.7. The quantitative estimate of drug-likeness (QED) is 0.877. The van der Waals surface area contributed by atoms with Gasteiger partial charge in [-0.05, 0) is 25.0 Å². The van der Waals surface area contributed by atoms with E-state index in [1.807, 2.05) is 0 Å². The van der Waals surface area contributed by atoms with Crippen molar-refractivity contribution in [1.29, 1.82) is 0 Å². The summed E-state index contributed by atoms with van der Waals surface area (Å²) in [6.45, 7) is 0.462. The molecule has 0 saturated carbocycles. The predicted octanol–water partition coefficient (Wildman–Crippen LogP) is 0.559. The number of nitrogens with zero attached hydrogens (tertiary/aromatic N) is 3. The zero-order valence-electron chi connectivity index (χ0n) is 11.1. The van der Waals surface area contributed by atoms with Crippen LogP contribution in [-0.2, 0) is 15.0 Å². The molecule has 110 valence electrons. The maximum Gasteiger partial charge on any atom is 0.306 e. The fraction of sp³-hybridized carbons (Fsp3) is 0.500. The van der Waals surface area contributed by atoms with Crippen LogP contribution in [0.4, 0.5) is 5.69 Å². The number of hydrogen-bond acceptors (Lipinski definition) is 4. The molecule has 1 aromatic heterocycles. The Labute approximate surface area is 118 Å². The van der Waals surface area contributed by atoms with Crippen molar-refractivity contribution in [2.45, 2.75) is 12.8 Å². The van der Waals surface area contributed by atoms with E-state index in [1.165, 1.54) is 28.1 Å². The predicted molar refractivity (Wildman–Crippen MR) is 73.5 cm³/mol. The van der Waals surface area contributed by atoms with Crippen LogP contribution in [-0.4, -0.2) is 48.9 Å². The number of carboxylic acid groups (broad SMARTS) is 1. The van der Waals surface area contributed by atoms with E-state index in [0.29, 0.717) is 18.5 Å². The summed E-state index contributed by atoms with van der Waals surface area (Å²) in [5.74, 6) is -1.31. The Hall–Kier alpha value is -1.67. The second kappa shape index (κ2) is 5.76. The van der Waals surface area contributed by atoms with Gasteiger partial charge in [0.1, 0.15) is 0 Å². The van der Waals surface area contributed by atoms with Gasteiger partial charge in [-0.1, -0.05) is 0 Å². The Balaban J connectivity index is 2.10. The normalized spacial score (nSPS) is 17.9. The van der Waals surface area contributed by atoms with Crippen LogP contribution in [0.15, 0.2) is 24.5 Å². The summed E-state index contributed by atoms with van der Waals surface area (Å²) >= 11 is 0. The molecule has 1 N–H and O–H groups in total. The van der Waals surface area contributed by atoms with E-state index in [4.69, 9.17) is 5.11 Å². The van der Waals surface area contributed by atoms with E-state index in [9.17, 15) is 13.2 Å². The van der Waals surface area contributed by atoms with Gasteiger partial charge >= 0.3 is 16.2 Å². The molecule has 0 aliphatic carbocycles. The van der Waals surface area contributed by atoms with E-state index >= 15 is 0 Å². The van der Waals surface area contributed by atoms with Gasteiger partial charge in [-0.15, -0.1) is 0 Å². The Bertz CT molecular complexity index is 568. The maximum atomic E-state index is 12.4. The highest BCUT2D eigenvalue weighted by Crippen LogP contribution is 2.23. The molecule has 1 aromatic rings. The number of piperidine rings is 1. The zero-order valence-corrected chi connectivity index (χ0v) is 12.0. The topological polar surface area (TPSA) is 90.8 Å². The highest BCUT2D eigenvalue weighted by Gasteiger charge is 2.33. The monoisotopic (exact) mass is 299 g/mol. The van der Waals surface area contributed by atoms with Crippen LogP contribution < -0.4 is 4.31 Å². The van der Waals surface area contributed by atoms with Crippen molar-refractivity contribution in [3.05, 3.63) is 24.5 Å². The number of aromatic nitrogens is 1. The van der Waals surface area contributed by atoms with Crippen LogP contribution in [0, 0.1) is 5.92 Å². The van der Waals surface area contributed by atoms with Gasteiger partial charge in [0.25, 0.3) is 0 Å². The van der Waals surface area contributed by atoms with Gasteiger partial charge in [-0.3, -0.25) is 14.1 Å². The molecule has 2 heterocycles. The van der Waals surface area contributed by atoms with E-state index in [-0.39, 0.29) is 13.1 Å². The third-order valence-electron chi connectivity index (χ3n) is 3.50. The second-order valence-corrected chi connectivity index (χ2v) is 6.65. The van der Waals surface area contributed by atoms with Crippen LogP contribution >= 0.6 is 0 Å². The molecule has 0 amide bonds. The van der Waals surface area contributed by atoms with Gasteiger partial charge in [-0.25, -0.2) is 0 Å². The molecule has 7 nitrogen and oxygen atoms in total. The Kier molecular flexibility index (Phi) is 4.24. The molecule has 0 unspecified atom stereocenters. The van der Waals surface area contributed by atoms with Gasteiger partial charge < -0.3 is 5.11 Å². The third-order valence-corrected chi connectivity index (χ3v) is 5.42.